The zero-order valence-corrected chi connectivity index (χ0v) is 11.0. The lowest BCUT2D eigenvalue weighted by molar-refractivity contribution is -0.140. The van der Waals surface area contributed by atoms with Crippen LogP contribution in [0.2, 0.25) is 0 Å². The molecule has 0 aromatic carbocycles. The molecule has 1 atom stereocenters. The van der Waals surface area contributed by atoms with Crippen molar-refractivity contribution in [3.05, 3.63) is 0 Å². The Kier molecular flexibility index (Phi) is 4.93. The van der Waals surface area contributed by atoms with Crippen molar-refractivity contribution < 1.29 is 9.59 Å². The van der Waals surface area contributed by atoms with Gasteiger partial charge in [0.25, 0.3) is 0 Å². The zero-order chi connectivity index (χ0) is 12.9. The highest BCUT2D eigenvalue weighted by molar-refractivity contribution is 5.90. The Balaban J connectivity index is 2.59. The molecular formula is C12H23N3O2. The average molecular weight is 241 g/mol. The Morgan fingerprint density at radius 1 is 1.41 bits per heavy atom. The number of hydrogen-bond donors (Lipinski definition) is 2. The fourth-order valence-electron chi connectivity index (χ4n) is 2.35. The van der Waals surface area contributed by atoms with E-state index in [0.717, 1.165) is 25.8 Å². The van der Waals surface area contributed by atoms with Crippen molar-refractivity contribution in [3.8, 4) is 0 Å². The molecular weight excluding hydrogens is 218 g/mol. The molecule has 2 amide bonds. The topological polar surface area (TPSA) is 61.4 Å². The SMILES string of the molecule is CCNC(=O)CN(C)C(=O)C1(CC)CCCN1. The van der Waals surface area contributed by atoms with E-state index in [1.54, 1.807) is 7.05 Å². The molecule has 1 rings (SSSR count). The van der Waals surface area contributed by atoms with Crippen LogP contribution in [0.1, 0.15) is 33.1 Å². The van der Waals surface area contributed by atoms with Crippen LogP contribution in [0.3, 0.4) is 0 Å². The summed E-state index contributed by atoms with van der Waals surface area (Å²) in [6.07, 6.45) is 2.65. The summed E-state index contributed by atoms with van der Waals surface area (Å²) >= 11 is 0. The summed E-state index contributed by atoms with van der Waals surface area (Å²) in [5.74, 6) is -0.0728. The molecule has 1 saturated heterocycles. The summed E-state index contributed by atoms with van der Waals surface area (Å²) in [5, 5.41) is 5.98. The van der Waals surface area contributed by atoms with E-state index in [4.69, 9.17) is 0 Å². The minimum absolute atomic E-state index is 0.0313. The van der Waals surface area contributed by atoms with Gasteiger partial charge in [-0.2, -0.15) is 0 Å². The highest BCUT2D eigenvalue weighted by Crippen LogP contribution is 2.24. The lowest BCUT2D eigenvalue weighted by Crippen LogP contribution is -2.55. The molecule has 1 aliphatic rings. The van der Waals surface area contributed by atoms with Gasteiger partial charge in [0, 0.05) is 13.6 Å². The van der Waals surface area contributed by atoms with E-state index in [1.165, 1.54) is 4.90 Å². The van der Waals surface area contributed by atoms with Gasteiger partial charge in [-0.25, -0.2) is 0 Å². The van der Waals surface area contributed by atoms with Crippen LogP contribution in [0.25, 0.3) is 0 Å². The average Bonchev–Trinajstić information content (AvgIpc) is 2.78. The van der Waals surface area contributed by atoms with Gasteiger partial charge in [0.2, 0.25) is 11.8 Å². The number of amides is 2. The molecule has 0 spiro atoms. The molecule has 1 heterocycles. The monoisotopic (exact) mass is 241 g/mol. The Morgan fingerprint density at radius 2 is 2.12 bits per heavy atom. The van der Waals surface area contributed by atoms with Gasteiger partial charge in [-0.3, -0.25) is 9.59 Å². The molecule has 0 bridgehead atoms. The lowest BCUT2D eigenvalue weighted by Gasteiger charge is -2.31. The third kappa shape index (κ3) is 3.19. The van der Waals surface area contributed by atoms with Crippen LogP contribution in [0.15, 0.2) is 0 Å². The molecule has 0 saturated carbocycles. The third-order valence-corrected chi connectivity index (χ3v) is 3.36. The fraction of sp³-hybridized carbons (Fsp3) is 0.833. The Bertz CT molecular complexity index is 285. The number of hydrogen-bond acceptors (Lipinski definition) is 3. The summed E-state index contributed by atoms with van der Waals surface area (Å²) < 4.78 is 0. The van der Waals surface area contributed by atoms with Crippen LogP contribution >= 0.6 is 0 Å². The van der Waals surface area contributed by atoms with Crippen molar-refractivity contribution in [1.29, 1.82) is 0 Å². The maximum absolute atomic E-state index is 12.3. The Morgan fingerprint density at radius 3 is 2.59 bits per heavy atom. The quantitative estimate of drug-likeness (QED) is 0.718. The van der Waals surface area contributed by atoms with E-state index < -0.39 is 5.54 Å². The molecule has 0 aromatic rings. The second-order valence-electron chi connectivity index (χ2n) is 4.58. The van der Waals surface area contributed by atoms with Crippen LogP contribution in [-0.2, 0) is 9.59 Å². The van der Waals surface area contributed by atoms with Gasteiger partial charge < -0.3 is 15.5 Å². The molecule has 0 radical (unpaired) electrons. The predicted octanol–water partition coefficient (Wildman–Crippen LogP) is 0.113. The summed E-state index contributed by atoms with van der Waals surface area (Å²) in [6.45, 7) is 5.49. The first-order valence-electron chi connectivity index (χ1n) is 6.33. The third-order valence-electron chi connectivity index (χ3n) is 3.36. The van der Waals surface area contributed by atoms with Crippen LogP contribution in [-0.4, -0.2) is 48.9 Å². The molecule has 1 aliphatic heterocycles. The molecule has 1 unspecified atom stereocenters. The van der Waals surface area contributed by atoms with Crippen molar-refractivity contribution in [2.45, 2.75) is 38.6 Å². The van der Waals surface area contributed by atoms with Crippen molar-refractivity contribution >= 4 is 11.8 Å². The smallest absolute Gasteiger partial charge is 0.243 e. The van der Waals surface area contributed by atoms with Gasteiger partial charge in [-0.05, 0) is 32.7 Å². The molecule has 98 valence electrons. The predicted molar refractivity (Wildman–Crippen MR) is 66.6 cm³/mol. The highest BCUT2D eigenvalue weighted by Gasteiger charge is 2.41. The first kappa shape index (κ1) is 14.0. The normalized spacial score (nSPS) is 23.5. The van der Waals surface area contributed by atoms with Crippen molar-refractivity contribution in [1.82, 2.24) is 15.5 Å². The minimum Gasteiger partial charge on any atom is -0.355 e. The molecule has 5 heteroatoms. The molecule has 17 heavy (non-hydrogen) atoms. The van der Waals surface area contributed by atoms with Crippen molar-refractivity contribution in [3.63, 3.8) is 0 Å². The maximum Gasteiger partial charge on any atom is 0.243 e. The molecule has 1 fully saturated rings. The molecule has 0 aromatic heterocycles. The van der Waals surface area contributed by atoms with Gasteiger partial charge in [0.15, 0.2) is 0 Å². The number of rotatable bonds is 5. The molecule has 2 N–H and O–H groups in total. The van der Waals surface area contributed by atoms with Gasteiger partial charge in [-0.15, -0.1) is 0 Å². The van der Waals surface area contributed by atoms with E-state index in [1.807, 2.05) is 13.8 Å². The fourth-order valence-corrected chi connectivity index (χ4v) is 2.35. The van der Waals surface area contributed by atoms with Crippen LogP contribution < -0.4 is 10.6 Å². The number of nitrogens with one attached hydrogen (secondary N) is 2. The first-order valence-corrected chi connectivity index (χ1v) is 6.33. The van der Waals surface area contributed by atoms with E-state index in [-0.39, 0.29) is 18.4 Å². The van der Waals surface area contributed by atoms with E-state index in [2.05, 4.69) is 10.6 Å². The minimum atomic E-state index is -0.443. The number of carbonyl (C=O) groups excluding carboxylic acids is 2. The lowest BCUT2D eigenvalue weighted by atomic mass is 9.92. The second kappa shape index (κ2) is 6.00. The highest BCUT2D eigenvalue weighted by atomic mass is 16.2. The van der Waals surface area contributed by atoms with Gasteiger partial charge in [0.1, 0.15) is 0 Å². The molecule has 5 nitrogen and oxygen atoms in total. The summed E-state index contributed by atoms with van der Waals surface area (Å²) in [5.41, 5.74) is -0.443. The number of carbonyl (C=O) groups is 2. The number of likely N-dealkylation sites (N-methyl/N-ethyl adjacent to an activating group) is 2. The van der Waals surface area contributed by atoms with E-state index in [0.29, 0.717) is 6.54 Å². The van der Waals surface area contributed by atoms with Crippen LogP contribution in [0.4, 0.5) is 0 Å². The van der Waals surface area contributed by atoms with Crippen molar-refractivity contribution in [2.24, 2.45) is 0 Å². The zero-order valence-electron chi connectivity index (χ0n) is 11.0. The Hall–Kier alpha value is -1.10. The van der Waals surface area contributed by atoms with E-state index >= 15 is 0 Å². The first-order chi connectivity index (χ1) is 8.05. The van der Waals surface area contributed by atoms with E-state index in [9.17, 15) is 9.59 Å². The van der Waals surface area contributed by atoms with Crippen LogP contribution in [0, 0.1) is 0 Å². The van der Waals surface area contributed by atoms with Gasteiger partial charge in [-0.1, -0.05) is 6.92 Å². The number of nitrogens with zero attached hydrogens (tertiary/aromatic N) is 1. The maximum atomic E-state index is 12.3. The van der Waals surface area contributed by atoms with Crippen LogP contribution in [0.5, 0.6) is 0 Å². The molecule has 0 aliphatic carbocycles. The summed E-state index contributed by atoms with van der Waals surface area (Å²) in [7, 11) is 1.69. The van der Waals surface area contributed by atoms with Crippen molar-refractivity contribution in [2.75, 3.05) is 26.7 Å². The Labute approximate surface area is 103 Å². The van der Waals surface area contributed by atoms with Gasteiger partial charge >= 0.3 is 0 Å². The van der Waals surface area contributed by atoms with Gasteiger partial charge in [0.05, 0.1) is 12.1 Å². The standard InChI is InChI=1S/C12H23N3O2/c1-4-12(7-6-8-14-12)11(17)15(3)9-10(16)13-5-2/h14H,4-9H2,1-3H3,(H,13,16). The summed E-state index contributed by atoms with van der Waals surface area (Å²) in [6, 6.07) is 0. The largest absolute Gasteiger partial charge is 0.355 e. The second-order valence-corrected chi connectivity index (χ2v) is 4.58. The summed E-state index contributed by atoms with van der Waals surface area (Å²) in [4.78, 5) is 25.3.